The van der Waals surface area contributed by atoms with E-state index in [1.165, 1.54) is 7.11 Å². The van der Waals surface area contributed by atoms with Crippen LogP contribution in [0.2, 0.25) is 0 Å². The first kappa shape index (κ1) is 30.4. The van der Waals surface area contributed by atoms with E-state index in [2.05, 4.69) is 16.6 Å². The lowest BCUT2D eigenvalue weighted by Gasteiger charge is -2.34. The van der Waals surface area contributed by atoms with Crippen LogP contribution in [0.3, 0.4) is 0 Å². The smallest absolute Gasteiger partial charge is 0.305 e. The number of fused-ring (bicyclic) bond motifs is 2. The maximum absolute atomic E-state index is 13.2. The number of unbranched alkanes of at least 4 members (excludes halogenated alkanes) is 1. The Morgan fingerprint density at radius 2 is 1.73 bits per heavy atom. The Kier molecular flexibility index (Phi) is 8.92. The average molecular weight is 618 g/mol. The largest absolute Gasteiger partial charge is 0.469 e. The van der Waals surface area contributed by atoms with Crippen molar-refractivity contribution in [2.75, 3.05) is 57.9 Å². The van der Waals surface area contributed by atoms with Crippen LogP contribution in [0.25, 0.3) is 28.1 Å². The molecule has 2 aliphatic rings. The van der Waals surface area contributed by atoms with Gasteiger partial charge < -0.3 is 28.7 Å². The van der Waals surface area contributed by atoms with Crippen molar-refractivity contribution in [2.45, 2.75) is 45.6 Å². The van der Waals surface area contributed by atoms with Crippen molar-refractivity contribution in [3.8, 4) is 5.95 Å². The predicted molar refractivity (Wildman–Crippen MR) is 166 cm³/mol. The van der Waals surface area contributed by atoms with Crippen LogP contribution in [0, 0.1) is 0 Å². The Hall–Kier alpha value is -4.59. The molecule has 0 aliphatic carbocycles. The number of morpholine rings is 1. The monoisotopic (exact) mass is 617 g/mol. The number of hydrogen-bond donors (Lipinski definition) is 0. The number of benzene rings is 1. The number of ether oxygens (including phenoxy) is 2. The maximum atomic E-state index is 13.2. The molecule has 14 heteroatoms. The Balaban J connectivity index is 1.25. The lowest BCUT2D eigenvalue weighted by molar-refractivity contribution is -0.146. The highest BCUT2D eigenvalue weighted by Gasteiger charge is 2.29. The molecule has 5 heterocycles. The van der Waals surface area contributed by atoms with Crippen molar-refractivity contribution in [1.29, 1.82) is 0 Å². The highest BCUT2D eigenvalue weighted by Crippen LogP contribution is 2.29. The van der Waals surface area contributed by atoms with E-state index in [1.807, 2.05) is 40.4 Å². The lowest BCUT2D eigenvalue weighted by atomic mass is 10.1. The normalized spacial score (nSPS) is 15.8. The van der Waals surface area contributed by atoms with Crippen LogP contribution in [0.15, 0.2) is 24.3 Å². The molecule has 45 heavy (non-hydrogen) atoms. The van der Waals surface area contributed by atoms with Crippen molar-refractivity contribution in [3.63, 3.8) is 0 Å². The van der Waals surface area contributed by atoms with Gasteiger partial charge in [0.05, 0.1) is 44.4 Å². The molecule has 1 aromatic carbocycles. The van der Waals surface area contributed by atoms with Gasteiger partial charge in [-0.25, -0.2) is 9.97 Å². The lowest BCUT2D eigenvalue weighted by Crippen LogP contribution is -2.52. The van der Waals surface area contributed by atoms with E-state index >= 15 is 0 Å². The molecule has 0 atom stereocenters. The Morgan fingerprint density at radius 1 is 0.956 bits per heavy atom. The number of piperazine rings is 1. The van der Waals surface area contributed by atoms with E-state index in [-0.39, 0.29) is 30.7 Å². The SMILES string of the molecule is CCc1nc2ccccc2n1-c1nc(N2CCOCC2)c2nc(CN3CCN(C(=O)CCCCC(=O)OC)CC3=O)n(C)c2n1. The zero-order valence-corrected chi connectivity index (χ0v) is 26.1. The quantitative estimate of drug-likeness (QED) is 0.192. The fraction of sp³-hybridized carbons (Fsp3) is 0.516. The van der Waals surface area contributed by atoms with Crippen LogP contribution < -0.4 is 4.90 Å². The molecule has 2 amide bonds. The molecule has 238 valence electrons. The van der Waals surface area contributed by atoms with Gasteiger partial charge in [-0.3, -0.25) is 19.0 Å². The number of imidazole rings is 2. The molecule has 4 aromatic rings. The van der Waals surface area contributed by atoms with Crippen molar-refractivity contribution >= 4 is 45.8 Å². The zero-order valence-electron chi connectivity index (χ0n) is 26.1. The minimum Gasteiger partial charge on any atom is -0.469 e. The molecule has 0 N–H and O–H groups in total. The summed E-state index contributed by atoms with van der Waals surface area (Å²) < 4.78 is 14.2. The standard InChI is InChI=1S/C31H39N9O5/c1-4-23-32-21-9-5-6-10-22(21)40(23)31-34-29-28(30(35-31)37-15-17-45-18-16-37)33-24(36(29)2)19-38-13-14-39(20-26(38)42)25(41)11-7-8-12-27(43)44-3/h5-6,9-10H,4,7-8,11-20H2,1-3H3. The molecule has 0 bridgehead atoms. The van der Waals surface area contributed by atoms with Gasteiger partial charge in [-0.2, -0.15) is 9.97 Å². The average Bonchev–Trinajstić information content (AvgIpc) is 3.60. The molecule has 0 spiro atoms. The van der Waals surface area contributed by atoms with Gasteiger partial charge in [0, 0.05) is 52.5 Å². The van der Waals surface area contributed by atoms with Crippen molar-refractivity contribution in [1.82, 2.24) is 38.9 Å². The van der Waals surface area contributed by atoms with E-state index in [1.54, 1.807) is 9.80 Å². The molecule has 6 rings (SSSR count). The summed E-state index contributed by atoms with van der Waals surface area (Å²) in [5.41, 5.74) is 3.16. The number of carbonyl (C=O) groups is 3. The summed E-state index contributed by atoms with van der Waals surface area (Å²) in [5, 5.41) is 0. The number of aromatic nitrogens is 6. The minimum atomic E-state index is -0.284. The number of nitrogens with zero attached hydrogens (tertiary/aromatic N) is 9. The van der Waals surface area contributed by atoms with Gasteiger partial charge in [-0.05, 0) is 25.0 Å². The summed E-state index contributed by atoms with van der Waals surface area (Å²) in [5.74, 6) is 2.32. The predicted octanol–water partition coefficient (Wildman–Crippen LogP) is 2.01. The molecule has 14 nitrogen and oxygen atoms in total. The van der Waals surface area contributed by atoms with E-state index < -0.39 is 0 Å². The van der Waals surface area contributed by atoms with Crippen molar-refractivity contribution in [3.05, 3.63) is 35.9 Å². The summed E-state index contributed by atoms with van der Waals surface area (Å²) in [6.45, 7) is 5.78. The van der Waals surface area contributed by atoms with E-state index in [9.17, 15) is 14.4 Å². The van der Waals surface area contributed by atoms with Gasteiger partial charge in [0.25, 0.3) is 0 Å². The summed E-state index contributed by atoms with van der Waals surface area (Å²) in [6.07, 6.45) is 2.44. The van der Waals surface area contributed by atoms with E-state index in [4.69, 9.17) is 24.7 Å². The highest BCUT2D eigenvalue weighted by atomic mass is 16.5. The molecular weight excluding hydrogens is 578 g/mol. The summed E-state index contributed by atoms with van der Waals surface area (Å²) >= 11 is 0. The number of carbonyl (C=O) groups excluding carboxylic acids is 3. The number of hydrogen-bond acceptors (Lipinski definition) is 10. The van der Waals surface area contributed by atoms with Gasteiger partial charge in [0.1, 0.15) is 11.6 Å². The van der Waals surface area contributed by atoms with E-state index in [0.29, 0.717) is 94.6 Å². The Morgan fingerprint density at radius 3 is 2.49 bits per heavy atom. The minimum absolute atomic E-state index is 0.0241. The van der Waals surface area contributed by atoms with Crippen LogP contribution in [0.4, 0.5) is 5.82 Å². The second kappa shape index (κ2) is 13.2. The number of anilines is 1. The molecule has 0 radical (unpaired) electrons. The number of aryl methyl sites for hydroxylation is 2. The van der Waals surface area contributed by atoms with Gasteiger partial charge in [0.15, 0.2) is 17.0 Å². The Bertz CT molecular complexity index is 1730. The summed E-state index contributed by atoms with van der Waals surface area (Å²) in [6, 6.07) is 7.97. The maximum Gasteiger partial charge on any atom is 0.305 e. The number of rotatable bonds is 10. The molecule has 2 aliphatic heterocycles. The number of amides is 2. The third-order valence-electron chi connectivity index (χ3n) is 8.49. The molecule has 0 saturated carbocycles. The fourth-order valence-corrected chi connectivity index (χ4v) is 5.92. The molecule has 0 unspecified atom stereocenters. The van der Waals surface area contributed by atoms with Crippen LogP contribution in [-0.2, 0) is 43.9 Å². The first-order chi connectivity index (χ1) is 21.9. The van der Waals surface area contributed by atoms with Crippen LogP contribution in [0.5, 0.6) is 0 Å². The van der Waals surface area contributed by atoms with Gasteiger partial charge in [-0.1, -0.05) is 19.1 Å². The fourth-order valence-electron chi connectivity index (χ4n) is 5.92. The summed E-state index contributed by atoms with van der Waals surface area (Å²) in [7, 11) is 3.26. The van der Waals surface area contributed by atoms with Crippen LogP contribution >= 0.6 is 0 Å². The molecule has 2 saturated heterocycles. The van der Waals surface area contributed by atoms with E-state index in [0.717, 1.165) is 22.7 Å². The number of methoxy groups -OCH3 is 1. The number of esters is 1. The van der Waals surface area contributed by atoms with Crippen molar-refractivity contribution in [2.24, 2.45) is 7.05 Å². The molecular formula is C31H39N9O5. The Labute approximate surface area is 260 Å². The zero-order chi connectivity index (χ0) is 31.5. The first-order valence-electron chi connectivity index (χ1n) is 15.5. The third-order valence-corrected chi connectivity index (χ3v) is 8.49. The second-order valence-electron chi connectivity index (χ2n) is 11.3. The van der Waals surface area contributed by atoms with Crippen molar-refractivity contribution < 1.29 is 23.9 Å². The van der Waals surface area contributed by atoms with Gasteiger partial charge in [0.2, 0.25) is 17.8 Å². The van der Waals surface area contributed by atoms with Gasteiger partial charge >= 0.3 is 5.97 Å². The van der Waals surface area contributed by atoms with Crippen LogP contribution in [0.1, 0.15) is 44.3 Å². The highest BCUT2D eigenvalue weighted by molar-refractivity contribution is 5.87. The molecule has 2 fully saturated rings. The van der Waals surface area contributed by atoms with Crippen LogP contribution in [-0.4, -0.2) is 110 Å². The summed E-state index contributed by atoms with van der Waals surface area (Å²) in [4.78, 5) is 62.7. The third kappa shape index (κ3) is 6.19. The topological polar surface area (TPSA) is 141 Å². The second-order valence-corrected chi connectivity index (χ2v) is 11.3. The van der Waals surface area contributed by atoms with Gasteiger partial charge in [-0.15, -0.1) is 0 Å². The first-order valence-corrected chi connectivity index (χ1v) is 15.5. The molecule has 3 aromatic heterocycles. The number of para-hydroxylation sites is 2.